The highest BCUT2D eigenvalue weighted by Gasteiger charge is 2.34. The number of ether oxygens (including phenoxy) is 1. The van der Waals surface area contributed by atoms with E-state index < -0.39 is 12.0 Å². The molecule has 23 heavy (non-hydrogen) atoms. The molecule has 0 aliphatic carbocycles. The van der Waals surface area contributed by atoms with Crippen LogP contribution in [-0.2, 0) is 14.4 Å². The van der Waals surface area contributed by atoms with E-state index in [1.807, 2.05) is 6.07 Å². The first kappa shape index (κ1) is 15.3. The zero-order valence-corrected chi connectivity index (χ0v) is 12.6. The Hall–Kier alpha value is -2.57. The van der Waals surface area contributed by atoms with Gasteiger partial charge in [-0.25, -0.2) is 4.79 Å². The van der Waals surface area contributed by atoms with Crippen molar-refractivity contribution >= 4 is 23.5 Å². The second kappa shape index (κ2) is 6.28. The van der Waals surface area contributed by atoms with Gasteiger partial charge in [0.15, 0.2) is 6.61 Å². The molecule has 0 aromatic heterocycles. The molecule has 0 spiro atoms. The van der Waals surface area contributed by atoms with Crippen molar-refractivity contribution in [3.63, 3.8) is 0 Å². The van der Waals surface area contributed by atoms with E-state index in [0.717, 1.165) is 0 Å². The second-order valence-electron chi connectivity index (χ2n) is 5.64. The summed E-state index contributed by atoms with van der Waals surface area (Å²) in [6, 6.07) is 6.43. The monoisotopic (exact) mass is 318 g/mol. The molecule has 2 heterocycles. The number of hydrogen-bond donors (Lipinski definition) is 1. The van der Waals surface area contributed by atoms with Gasteiger partial charge in [0.2, 0.25) is 5.91 Å². The van der Waals surface area contributed by atoms with Crippen molar-refractivity contribution in [2.24, 2.45) is 0 Å². The van der Waals surface area contributed by atoms with Crippen molar-refractivity contribution in [3.8, 4) is 5.75 Å². The van der Waals surface area contributed by atoms with Gasteiger partial charge in [0.05, 0.1) is 5.69 Å². The number of anilines is 1. The minimum absolute atomic E-state index is 0.0489. The third-order valence-electron chi connectivity index (χ3n) is 4.22. The molecule has 122 valence electrons. The topological polar surface area (TPSA) is 87.2 Å². The normalized spacial score (nSPS) is 20.2. The molecule has 2 aliphatic rings. The van der Waals surface area contributed by atoms with Crippen LogP contribution >= 0.6 is 0 Å². The van der Waals surface area contributed by atoms with E-state index in [0.29, 0.717) is 30.8 Å². The lowest BCUT2D eigenvalue weighted by Crippen LogP contribution is -2.44. The Morgan fingerprint density at radius 1 is 1.30 bits per heavy atom. The van der Waals surface area contributed by atoms with Crippen LogP contribution in [0.15, 0.2) is 24.3 Å². The Morgan fingerprint density at radius 3 is 2.87 bits per heavy atom. The molecule has 1 unspecified atom stereocenters. The number of fused-ring (bicyclic) bond motifs is 1. The Morgan fingerprint density at radius 2 is 2.09 bits per heavy atom. The molecule has 0 radical (unpaired) electrons. The number of carboxylic acids is 1. The maximum Gasteiger partial charge on any atom is 0.326 e. The number of benzene rings is 1. The van der Waals surface area contributed by atoms with Gasteiger partial charge >= 0.3 is 5.97 Å². The summed E-state index contributed by atoms with van der Waals surface area (Å²) in [6.07, 6.45) is 1.28. The molecule has 1 aromatic carbocycles. The molecule has 1 aromatic rings. The lowest BCUT2D eigenvalue weighted by atomic mass is 10.2. The smallest absolute Gasteiger partial charge is 0.326 e. The number of likely N-dealkylation sites (tertiary alicyclic amines) is 1. The zero-order chi connectivity index (χ0) is 16.4. The van der Waals surface area contributed by atoms with Gasteiger partial charge in [-0.3, -0.25) is 9.59 Å². The van der Waals surface area contributed by atoms with Gasteiger partial charge in [-0.15, -0.1) is 0 Å². The van der Waals surface area contributed by atoms with Crippen LogP contribution in [0.1, 0.15) is 19.3 Å². The van der Waals surface area contributed by atoms with Crippen molar-refractivity contribution in [2.45, 2.75) is 25.3 Å². The summed E-state index contributed by atoms with van der Waals surface area (Å²) in [5.74, 6) is -0.785. The molecule has 7 nitrogen and oxygen atoms in total. The second-order valence-corrected chi connectivity index (χ2v) is 5.64. The zero-order valence-electron chi connectivity index (χ0n) is 12.6. The summed E-state index contributed by atoms with van der Waals surface area (Å²) in [6.45, 7) is 0.636. The summed E-state index contributed by atoms with van der Waals surface area (Å²) in [7, 11) is 0. The Kier molecular flexibility index (Phi) is 4.18. The highest BCUT2D eigenvalue weighted by molar-refractivity contribution is 5.98. The van der Waals surface area contributed by atoms with Crippen LogP contribution in [0.25, 0.3) is 0 Å². The van der Waals surface area contributed by atoms with Crippen molar-refractivity contribution in [2.75, 3.05) is 24.6 Å². The number of carbonyl (C=O) groups is 3. The largest absolute Gasteiger partial charge is 0.482 e. The van der Waals surface area contributed by atoms with Gasteiger partial charge in [-0.2, -0.15) is 0 Å². The van der Waals surface area contributed by atoms with Gasteiger partial charge < -0.3 is 19.6 Å². The summed E-state index contributed by atoms with van der Waals surface area (Å²) in [4.78, 5) is 38.5. The third-order valence-corrected chi connectivity index (χ3v) is 4.22. The summed E-state index contributed by atoms with van der Waals surface area (Å²) >= 11 is 0. The van der Waals surface area contributed by atoms with E-state index in [9.17, 15) is 14.4 Å². The number of hydrogen-bond acceptors (Lipinski definition) is 4. The van der Waals surface area contributed by atoms with Gasteiger partial charge in [0, 0.05) is 19.5 Å². The van der Waals surface area contributed by atoms with Gasteiger partial charge in [-0.05, 0) is 25.0 Å². The van der Waals surface area contributed by atoms with E-state index in [-0.39, 0.29) is 31.4 Å². The molecular weight excluding hydrogens is 300 g/mol. The van der Waals surface area contributed by atoms with Crippen molar-refractivity contribution < 1.29 is 24.2 Å². The van der Waals surface area contributed by atoms with Gasteiger partial charge in [0.25, 0.3) is 5.91 Å². The molecule has 2 amide bonds. The average molecular weight is 318 g/mol. The fraction of sp³-hybridized carbons (Fsp3) is 0.438. The van der Waals surface area contributed by atoms with Crippen LogP contribution in [0.4, 0.5) is 5.69 Å². The summed E-state index contributed by atoms with van der Waals surface area (Å²) < 4.78 is 5.36. The summed E-state index contributed by atoms with van der Waals surface area (Å²) in [5.41, 5.74) is 0.646. The van der Waals surface area contributed by atoms with Crippen LogP contribution in [0.3, 0.4) is 0 Å². The predicted octanol–water partition coefficient (Wildman–Crippen LogP) is 0.878. The van der Waals surface area contributed by atoms with E-state index in [2.05, 4.69) is 0 Å². The molecule has 0 bridgehead atoms. The van der Waals surface area contributed by atoms with Crippen LogP contribution in [0, 0.1) is 0 Å². The van der Waals surface area contributed by atoms with Crippen LogP contribution in [-0.4, -0.2) is 53.5 Å². The van der Waals surface area contributed by atoms with E-state index in [1.165, 1.54) is 9.80 Å². The lowest BCUT2D eigenvalue weighted by Gasteiger charge is -2.30. The van der Waals surface area contributed by atoms with Crippen molar-refractivity contribution in [1.29, 1.82) is 0 Å². The molecule has 1 atom stereocenters. The maximum absolute atomic E-state index is 12.3. The summed E-state index contributed by atoms with van der Waals surface area (Å²) in [5, 5.41) is 9.15. The minimum Gasteiger partial charge on any atom is -0.482 e. The first-order valence-corrected chi connectivity index (χ1v) is 7.62. The van der Waals surface area contributed by atoms with Crippen LogP contribution in [0.2, 0.25) is 0 Å². The fourth-order valence-electron chi connectivity index (χ4n) is 3.07. The molecule has 1 saturated heterocycles. The molecule has 1 fully saturated rings. The first-order chi connectivity index (χ1) is 11.1. The highest BCUT2D eigenvalue weighted by Crippen LogP contribution is 2.31. The molecular formula is C16H18N2O5. The molecule has 1 N–H and O–H groups in total. The molecule has 0 saturated carbocycles. The Bertz CT molecular complexity index is 645. The highest BCUT2D eigenvalue weighted by atomic mass is 16.5. The average Bonchev–Trinajstić information content (AvgIpc) is 3.03. The van der Waals surface area contributed by atoms with E-state index >= 15 is 0 Å². The minimum atomic E-state index is -0.969. The number of amides is 2. The SMILES string of the molecule is O=C(O)C1CCCN1C(=O)CCN1C(=O)COc2ccccc21. The lowest BCUT2D eigenvalue weighted by molar-refractivity contribution is -0.148. The predicted molar refractivity (Wildman–Crippen MR) is 81.3 cm³/mol. The van der Waals surface area contributed by atoms with Crippen molar-refractivity contribution in [1.82, 2.24) is 4.90 Å². The van der Waals surface area contributed by atoms with E-state index in [4.69, 9.17) is 9.84 Å². The van der Waals surface area contributed by atoms with Crippen LogP contribution in [0.5, 0.6) is 5.75 Å². The number of nitrogens with zero attached hydrogens (tertiary/aromatic N) is 2. The third kappa shape index (κ3) is 2.99. The number of carboxylic acid groups (broad SMARTS) is 1. The standard InChI is InChI=1S/C16H18N2O5/c19-14(17-8-3-5-12(17)16(21)22)7-9-18-11-4-1-2-6-13(11)23-10-15(18)20/h1-2,4,6,12H,3,5,7-10H2,(H,21,22). The van der Waals surface area contributed by atoms with E-state index in [1.54, 1.807) is 18.2 Å². The molecule has 7 heteroatoms. The Labute approximate surface area is 133 Å². The molecule has 3 rings (SSSR count). The quantitative estimate of drug-likeness (QED) is 0.890. The maximum atomic E-state index is 12.3. The van der Waals surface area contributed by atoms with Gasteiger partial charge in [0.1, 0.15) is 11.8 Å². The number of aliphatic carboxylic acids is 1. The number of carbonyl (C=O) groups excluding carboxylic acids is 2. The number of para-hydroxylation sites is 2. The van der Waals surface area contributed by atoms with Crippen LogP contribution < -0.4 is 9.64 Å². The first-order valence-electron chi connectivity index (χ1n) is 7.62. The number of rotatable bonds is 4. The van der Waals surface area contributed by atoms with Gasteiger partial charge in [-0.1, -0.05) is 12.1 Å². The molecule has 2 aliphatic heterocycles. The van der Waals surface area contributed by atoms with Crippen molar-refractivity contribution in [3.05, 3.63) is 24.3 Å². The fourth-order valence-corrected chi connectivity index (χ4v) is 3.07. The Balaban J connectivity index is 1.67.